The molecule has 1 aromatic heterocycles. The van der Waals surface area contributed by atoms with E-state index in [0.29, 0.717) is 5.92 Å². The van der Waals surface area contributed by atoms with Crippen molar-refractivity contribution in [2.24, 2.45) is 5.92 Å². The molecule has 132 valence electrons. The van der Waals surface area contributed by atoms with E-state index in [1.54, 1.807) is 6.07 Å². The number of hydrogen-bond donors (Lipinski definition) is 1. The van der Waals surface area contributed by atoms with E-state index < -0.39 is 0 Å². The van der Waals surface area contributed by atoms with Crippen LogP contribution >= 0.6 is 0 Å². The minimum atomic E-state index is 0.286. The normalized spacial score (nSPS) is 19.2. The lowest BCUT2D eigenvalue weighted by Gasteiger charge is -2.25. The second kappa shape index (κ2) is 6.56. The molecule has 0 spiro atoms. The van der Waals surface area contributed by atoms with Gasteiger partial charge >= 0.3 is 0 Å². The molecular weight excluding hydrogens is 314 g/mol. The summed E-state index contributed by atoms with van der Waals surface area (Å²) in [6, 6.07) is 5.44. The lowest BCUT2D eigenvalue weighted by molar-refractivity contribution is 0.0615. The first kappa shape index (κ1) is 16.2. The van der Waals surface area contributed by atoms with Gasteiger partial charge in [0.2, 0.25) is 0 Å². The fourth-order valence-corrected chi connectivity index (χ4v) is 3.85. The Bertz CT molecular complexity index is 844. The van der Waals surface area contributed by atoms with Crippen LogP contribution in [-0.4, -0.2) is 46.4 Å². The largest absolute Gasteiger partial charge is 0.508 e. The third-order valence-electron chi connectivity index (χ3n) is 5.03. The smallest absolute Gasteiger partial charge is 0.142 e. The first-order valence-corrected chi connectivity index (χ1v) is 8.97. The highest BCUT2D eigenvalue weighted by molar-refractivity contribution is 5.83. The Morgan fingerprint density at radius 1 is 1.28 bits per heavy atom. The number of aromatic nitrogens is 2. The molecule has 1 saturated heterocycles. The zero-order chi connectivity index (χ0) is 17.4. The van der Waals surface area contributed by atoms with Gasteiger partial charge in [-0.05, 0) is 43.9 Å². The van der Waals surface area contributed by atoms with Gasteiger partial charge in [-0.3, -0.25) is 0 Å². The highest BCUT2D eigenvalue weighted by atomic mass is 16.5. The van der Waals surface area contributed by atoms with E-state index in [1.807, 2.05) is 12.1 Å². The van der Waals surface area contributed by atoms with E-state index in [9.17, 15) is 5.11 Å². The third-order valence-corrected chi connectivity index (χ3v) is 5.03. The number of rotatable bonds is 3. The Morgan fingerprint density at radius 2 is 2.08 bits per heavy atom. The highest BCUT2D eigenvalue weighted by Gasteiger charge is 2.21. The summed E-state index contributed by atoms with van der Waals surface area (Å²) in [5.74, 6) is 1.85. The summed E-state index contributed by atoms with van der Waals surface area (Å²) in [5, 5.41) is 9.97. The van der Waals surface area contributed by atoms with Crippen LogP contribution in [0, 0.1) is 5.92 Å². The van der Waals surface area contributed by atoms with Crippen LogP contribution in [0.2, 0.25) is 0 Å². The number of allylic oxidation sites excluding steroid dienone is 2. The number of phenolic OH excluding ortho intramolecular Hbond substituents is 1. The number of ether oxygens (including phenoxy) is 1. The fourth-order valence-electron chi connectivity index (χ4n) is 3.85. The van der Waals surface area contributed by atoms with Crippen LogP contribution < -0.4 is 0 Å². The lowest BCUT2D eigenvalue weighted by Crippen LogP contribution is -2.22. The van der Waals surface area contributed by atoms with E-state index in [-0.39, 0.29) is 5.75 Å². The molecule has 0 amide bonds. The average molecular weight is 339 g/mol. The van der Waals surface area contributed by atoms with Gasteiger partial charge in [0.05, 0.1) is 11.0 Å². The molecule has 0 atom stereocenters. The minimum Gasteiger partial charge on any atom is -0.508 e. The molecule has 4 rings (SSSR count). The first-order valence-electron chi connectivity index (χ1n) is 8.97. The predicted octanol–water partition coefficient (Wildman–Crippen LogP) is 3.40. The van der Waals surface area contributed by atoms with Crippen molar-refractivity contribution >= 4 is 16.6 Å². The number of hydrogen-bond acceptors (Lipinski definition) is 4. The number of benzene rings is 1. The van der Waals surface area contributed by atoms with Crippen molar-refractivity contribution < 1.29 is 9.84 Å². The Balaban J connectivity index is 1.81. The molecule has 1 aromatic carbocycles. The third kappa shape index (κ3) is 3.29. The second-order valence-corrected chi connectivity index (χ2v) is 7.27. The van der Waals surface area contributed by atoms with Crippen molar-refractivity contribution in [3.8, 4) is 5.75 Å². The SMILES string of the molecule is CC1=CC(c2nc3ccc(O)cc3n2CC2CCOCC2)=CN(C)C1. The van der Waals surface area contributed by atoms with Crippen LogP contribution in [-0.2, 0) is 11.3 Å². The standard InChI is InChI=1S/C20H25N3O2/c1-14-9-16(13-22(2)11-14)20-21-18-4-3-17(24)10-19(18)23(20)12-15-5-7-25-8-6-15/h3-4,9-10,13,15,24H,5-8,11-12H2,1-2H3. The average Bonchev–Trinajstić information content (AvgIpc) is 2.93. The zero-order valence-corrected chi connectivity index (χ0v) is 14.9. The van der Waals surface area contributed by atoms with Gasteiger partial charge in [0, 0.05) is 51.2 Å². The van der Waals surface area contributed by atoms with E-state index in [0.717, 1.165) is 61.6 Å². The quantitative estimate of drug-likeness (QED) is 0.931. The fraction of sp³-hybridized carbons (Fsp3) is 0.450. The number of phenols is 1. The molecule has 2 aliphatic rings. The molecule has 0 aliphatic carbocycles. The summed E-state index contributed by atoms with van der Waals surface area (Å²) in [5.41, 5.74) is 4.39. The molecule has 0 bridgehead atoms. The number of imidazole rings is 1. The Morgan fingerprint density at radius 3 is 2.84 bits per heavy atom. The molecule has 0 radical (unpaired) electrons. The van der Waals surface area contributed by atoms with Gasteiger partial charge in [0.15, 0.2) is 0 Å². The Kier molecular flexibility index (Phi) is 4.25. The summed E-state index contributed by atoms with van der Waals surface area (Å²) in [6.07, 6.45) is 6.54. The zero-order valence-electron chi connectivity index (χ0n) is 14.9. The van der Waals surface area contributed by atoms with Crippen LogP contribution in [0.25, 0.3) is 16.6 Å². The molecule has 5 heteroatoms. The lowest BCUT2D eigenvalue weighted by atomic mass is 10.00. The predicted molar refractivity (Wildman–Crippen MR) is 99.3 cm³/mol. The second-order valence-electron chi connectivity index (χ2n) is 7.27. The van der Waals surface area contributed by atoms with Crippen LogP contribution in [0.3, 0.4) is 0 Å². The molecular formula is C20H25N3O2. The monoisotopic (exact) mass is 339 g/mol. The van der Waals surface area contributed by atoms with Gasteiger partial charge in [-0.2, -0.15) is 0 Å². The molecule has 0 saturated carbocycles. The molecule has 5 nitrogen and oxygen atoms in total. The van der Waals surface area contributed by atoms with Crippen LogP contribution in [0.5, 0.6) is 5.75 Å². The van der Waals surface area contributed by atoms with Gasteiger partial charge in [-0.1, -0.05) is 5.57 Å². The molecule has 3 heterocycles. The van der Waals surface area contributed by atoms with Gasteiger partial charge in [0.25, 0.3) is 0 Å². The van der Waals surface area contributed by atoms with Gasteiger partial charge < -0.3 is 19.3 Å². The van der Waals surface area contributed by atoms with Crippen molar-refractivity contribution in [3.05, 3.63) is 41.9 Å². The van der Waals surface area contributed by atoms with Gasteiger partial charge in [-0.25, -0.2) is 4.98 Å². The summed E-state index contributed by atoms with van der Waals surface area (Å²) < 4.78 is 7.79. The van der Waals surface area contributed by atoms with Gasteiger partial charge in [-0.15, -0.1) is 0 Å². The molecule has 25 heavy (non-hydrogen) atoms. The highest BCUT2D eigenvalue weighted by Crippen LogP contribution is 2.30. The summed E-state index contributed by atoms with van der Waals surface area (Å²) in [7, 11) is 2.09. The van der Waals surface area contributed by atoms with Crippen molar-refractivity contribution in [1.29, 1.82) is 0 Å². The molecule has 1 N–H and O–H groups in total. The Hall–Kier alpha value is -2.27. The topological polar surface area (TPSA) is 50.5 Å². The molecule has 0 unspecified atom stereocenters. The Labute approximate surface area is 148 Å². The molecule has 1 fully saturated rings. The van der Waals surface area contributed by atoms with E-state index >= 15 is 0 Å². The number of aromatic hydroxyl groups is 1. The van der Waals surface area contributed by atoms with E-state index in [4.69, 9.17) is 9.72 Å². The van der Waals surface area contributed by atoms with E-state index in [2.05, 4.69) is 35.7 Å². The summed E-state index contributed by atoms with van der Waals surface area (Å²) in [4.78, 5) is 7.09. The summed E-state index contributed by atoms with van der Waals surface area (Å²) >= 11 is 0. The summed E-state index contributed by atoms with van der Waals surface area (Å²) in [6.45, 7) is 5.68. The first-order chi connectivity index (χ1) is 12.1. The maximum atomic E-state index is 9.97. The van der Waals surface area contributed by atoms with Gasteiger partial charge in [0.1, 0.15) is 11.6 Å². The van der Waals surface area contributed by atoms with Crippen molar-refractivity contribution in [2.45, 2.75) is 26.3 Å². The maximum Gasteiger partial charge on any atom is 0.142 e. The maximum absolute atomic E-state index is 9.97. The number of fused-ring (bicyclic) bond motifs is 1. The molecule has 2 aromatic rings. The van der Waals surface area contributed by atoms with Crippen LogP contribution in [0.4, 0.5) is 0 Å². The van der Waals surface area contributed by atoms with Crippen LogP contribution in [0.15, 0.2) is 36.0 Å². The number of nitrogens with zero attached hydrogens (tertiary/aromatic N) is 3. The van der Waals surface area contributed by atoms with Crippen molar-refractivity contribution in [2.75, 3.05) is 26.8 Å². The molecule has 2 aliphatic heterocycles. The minimum absolute atomic E-state index is 0.286. The van der Waals surface area contributed by atoms with Crippen LogP contribution in [0.1, 0.15) is 25.6 Å². The van der Waals surface area contributed by atoms with Crippen molar-refractivity contribution in [3.63, 3.8) is 0 Å². The van der Waals surface area contributed by atoms with E-state index in [1.165, 1.54) is 5.57 Å². The number of likely N-dealkylation sites (N-methyl/N-ethyl adjacent to an activating group) is 1. The van der Waals surface area contributed by atoms with Crippen molar-refractivity contribution in [1.82, 2.24) is 14.5 Å².